The fourth-order valence-electron chi connectivity index (χ4n) is 6.91. The maximum absolute atomic E-state index is 13.6. The molecular formula is C49H64N8O10. The van der Waals surface area contributed by atoms with E-state index in [0.29, 0.717) is 36.9 Å². The summed E-state index contributed by atoms with van der Waals surface area (Å²) in [5.41, 5.74) is 8.28. The van der Waals surface area contributed by atoms with Crippen LogP contribution in [0.3, 0.4) is 0 Å². The first-order valence-electron chi connectivity index (χ1n) is 22.4. The number of urea groups is 1. The van der Waals surface area contributed by atoms with Gasteiger partial charge in [-0.15, -0.1) is 0 Å². The molecule has 67 heavy (non-hydrogen) atoms. The molecule has 0 fully saturated rings. The average Bonchev–Trinajstić information content (AvgIpc) is 3.62. The summed E-state index contributed by atoms with van der Waals surface area (Å²) in [7, 11) is 3.15. The van der Waals surface area contributed by atoms with Crippen molar-refractivity contribution in [2.45, 2.75) is 90.5 Å². The van der Waals surface area contributed by atoms with E-state index in [1.165, 1.54) is 22.0 Å². The van der Waals surface area contributed by atoms with Gasteiger partial charge >= 0.3 is 18.2 Å². The fourth-order valence-corrected chi connectivity index (χ4v) is 6.91. The van der Waals surface area contributed by atoms with Gasteiger partial charge in [0.1, 0.15) is 24.3 Å². The quantitative estimate of drug-likeness (QED) is 0.0565. The van der Waals surface area contributed by atoms with E-state index in [4.69, 9.17) is 15.2 Å². The Morgan fingerprint density at radius 1 is 0.731 bits per heavy atom. The number of nitrogens with two attached hydrogens (primary N) is 1. The third kappa shape index (κ3) is 16.9. The van der Waals surface area contributed by atoms with E-state index in [9.17, 15) is 38.4 Å². The van der Waals surface area contributed by atoms with E-state index in [1.807, 2.05) is 68.4 Å². The maximum Gasteiger partial charge on any atom is 0.410 e. The molecule has 2 atom stereocenters. The molecule has 0 saturated heterocycles. The summed E-state index contributed by atoms with van der Waals surface area (Å²) < 4.78 is 11.3. The number of carbonyl (C=O) groups excluding carboxylic acids is 8. The Morgan fingerprint density at radius 3 is 1.96 bits per heavy atom. The minimum absolute atomic E-state index is 0.0707. The molecule has 1 heterocycles. The second-order valence-corrected chi connectivity index (χ2v) is 17.2. The molecule has 4 rings (SSSR count). The molecule has 9 amide bonds. The highest BCUT2D eigenvalue weighted by Gasteiger charge is 2.30. The number of carbonyl (C=O) groups is 8. The maximum atomic E-state index is 13.6. The van der Waals surface area contributed by atoms with Crippen molar-refractivity contribution in [2.24, 2.45) is 11.7 Å². The second-order valence-electron chi connectivity index (χ2n) is 17.2. The van der Waals surface area contributed by atoms with Gasteiger partial charge in [-0.2, -0.15) is 0 Å². The van der Waals surface area contributed by atoms with Crippen molar-refractivity contribution in [3.8, 4) is 11.1 Å². The number of ether oxygens (including phenoxy) is 2. The Hall–Kier alpha value is -7.24. The normalized spacial score (nSPS) is 13.1. The SMILES string of the molecule is CC(C)C(NC(=O)CCCCCN1C(=O)C=CC1=O)C(=O)N[C@@H](CCCNC(N)=O)C(=O)Nc1ccc(COC(=O)N(C)CCN(C)C(=O)OC(C)(C)c2ccc(-c3ccccc3)cc2)cc1. The number of unbranched alkanes of at least 4 members (excludes halogenated alkanes) is 2. The average molecular weight is 925 g/mol. The summed E-state index contributed by atoms with van der Waals surface area (Å²) >= 11 is 0. The van der Waals surface area contributed by atoms with Crippen molar-refractivity contribution >= 4 is 53.4 Å². The van der Waals surface area contributed by atoms with Crippen LogP contribution in [0.2, 0.25) is 0 Å². The molecule has 0 bridgehead atoms. The molecule has 1 aliphatic heterocycles. The van der Waals surface area contributed by atoms with Crippen LogP contribution in [-0.4, -0.2) is 115 Å². The van der Waals surface area contributed by atoms with Gasteiger partial charge in [-0.25, -0.2) is 14.4 Å². The summed E-state index contributed by atoms with van der Waals surface area (Å²) in [5, 5.41) is 10.8. The van der Waals surface area contributed by atoms with E-state index in [1.54, 1.807) is 52.2 Å². The smallest absolute Gasteiger partial charge is 0.410 e. The van der Waals surface area contributed by atoms with Crippen LogP contribution < -0.4 is 27.0 Å². The zero-order chi connectivity index (χ0) is 49.1. The lowest BCUT2D eigenvalue weighted by Crippen LogP contribution is -2.54. The number of rotatable bonds is 24. The van der Waals surface area contributed by atoms with Crippen molar-refractivity contribution in [2.75, 3.05) is 45.6 Å². The Morgan fingerprint density at radius 2 is 1.34 bits per heavy atom. The van der Waals surface area contributed by atoms with Crippen molar-refractivity contribution in [1.82, 2.24) is 30.7 Å². The highest BCUT2D eigenvalue weighted by Crippen LogP contribution is 2.28. The van der Waals surface area contributed by atoms with Crippen LogP contribution in [0.25, 0.3) is 11.1 Å². The van der Waals surface area contributed by atoms with E-state index in [-0.39, 0.29) is 69.3 Å². The molecule has 3 aromatic carbocycles. The third-order valence-electron chi connectivity index (χ3n) is 11.1. The van der Waals surface area contributed by atoms with Gasteiger partial charge in [0.25, 0.3) is 11.8 Å². The first kappa shape index (κ1) is 52.4. The number of primary amides is 1. The molecule has 18 heteroatoms. The minimum Gasteiger partial charge on any atom is -0.445 e. The van der Waals surface area contributed by atoms with Gasteiger partial charge in [-0.3, -0.25) is 28.9 Å². The number of hydrogen-bond donors (Lipinski definition) is 5. The lowest BCUT2D eigenvalue weighted by atomic mass is 9.95. The van der Waals surface area contributed by atoms with E-state index < -0.39 is 47.7 Å². The molecule has 0 saturated carbocycles. The molecule has 0 spiro atoms. The topological polar surface area (TPSA) is 239 Å². The monoisotopic (exact) mass is 924 g/mol. The van der Waals surface area contributed by atoms with E-state index >= 15 is 0 Å². The number of anilines is 1. The molecule has 18 nitrogen and oxygen atoms in total. The number of nitrogens with one attached hydrogen (secondary N) is 4. The van der Waals surface area contributed by atoms with Crippen molar-refractivity contribution in [3.63, 3.8) is 0 Å². The van der Waals surface area contributed by atoms with Crippen LogP contribution in [0.1, 0.15) is 77.3 Å². The second kappa shape index (κ2) is 25.5. The van der Waals surface area contributed by atoms with E-state index in [2.05, 4.69) is 21.3 Å². The van der Waals surface area contributed by atoms with Crippen LogP contribution in [-0.2, 0) is 45.7 Å². The Labute approximate surface area is 392 Å². The van der Waals surface area contributed by atoms with Gasteiger partial charge in [-0.1, -0.05) is 87.0 Å². The van der Waals surface area contributed by atoms with Crippen LogP contribution >= 0.6 is 0 Å². The summed E-state index contributed by atoms with van der Waals surface area (Å²) in [5.74, 6) is -2.51. The van der Waals surface area contributed by atoms with Gasteiger partial charge in [0, 0.05) is 64.5 Å². The fraction of sp³-hybridized carbons (Fsp3) is 0.429. The van der Waals surface area contributed by atoms with Crippen LogP contribution in [0, 0.1) is 5.92 Å². The molecule has 1 unspecified atom stereocenters. The number of likely N-dealkylation sites (N-methyl/N-ethyl adjacent to an activating group) is 2. The highest BCUT2D eigenvalue weighted by molar-refractivity contribution is 6.12. The number of hydrogen-bond acceptors (Lipinski definition) is 10. The molecular weight excluding hydrogens is 861 g/mol. The largest absolute Gasteiger partial charge is 0.445 e. The zero-order valence-electron chi connectivity index (χ0n) is 39.2. The summed E-state index contributed by atoms with van der Waals surface area (Å²) in [6.45, 7) is 7.87. The molecule has 3 aromatic rings. The predicted octanol–water partition coefficient (Wildman–Crippen LogP) is 5.42. The number of nitrogens with zero attached hydrogens (tertiary/aromatic N) is 3. The van der Waals surface area contributed by atoms with Crippen LogP contribution in [0.5, 0.6) is 0 Å². The van der Waals surface area contributed by atoms with E-state index in [0.717, 1.165) is 21.6 Å². The lowest BCUT2D eigenvalue weighted by Gasteiger charge is -2.29. The minimum atomic E-state index is -1.05. The Balaban J connectivity index is 1.22. The number of benzene rings is 3. The third-order valence-corrected chi connectivity index (χ3v) is 11.1. The molecule has 0 aromatic heterocycles. The van der Waals surface area contributed by atoms with Gasteiger partial charge < -0.3 is 46.3 Å². The zero-order valence-corrected chi connectivity index (χ0v) is 39.2. The lowest BCUT2D eigenvalue weighted by molar-refractivity contribution is -0.137. The summed E-state index contributed by atoms with van der Waals surface area (Å²) in [6, 6.07) is 21.7. The van der Waals surface area contributed by atoms with Gasteiger partial charge in [0.05, 0.1) is 0 Å². The molecule has 6 N–H and O–H groups in total. The summed E-state index contributed by atoms with van der Waals surface area (Å²) in [4.78, 5) is 104. The first-order chi connectivity index (χ1) is 31.8. The Bertz CT molecular complexity index is 2200. The van der Waals surface area contributed by atoms with Gasteiger partial charge in [0.2, 0.25) is 17.7 Å². The van der Waals surface area contributed by atoms with Crippen LogP contribution in [0.15, 0.2) is 91.0 Å². The van der Waals surface area contributed by atoms with Crippen molar-refractivity contribution in [1.29, 1.82) is 0 Å². The highest BCUT2D eigenvalue weighted by atomic mass is 16.6. The molecule has 0 radical (unpaired) electrons. The van der Waals surface area contributed by atoms with Gasteiger partial charge in [0.15, 0.2) is 0 Å². The number of amides is 9. The van der Waals surface area contributed by atoms with Crippen LogP contribution in [0.4, 0.5) is 20.1 Å². The standard InChI is InChI=1S/C49H64N8O10/c1-33(2)43(54-40(58)17-11-8-12-29-57-41(59)26-27-42(57)60)45(62)53-39(16-13-28-51-46(50)63)44(61)52-38-24-18-34(19-25-38)32-66-47(64)55(5)30-31-56(6)48(65)67-49(3,4)37-22-20-36(21-23-37)35-14-9-7-10-15-35/h7,9-10,14-15,18-27,33,39,43H,8,11-13,16-17,28-32H2,1-6H3,(H,52,61)(H,53,62)(H,54,58)(H3,50,51,63)/t39-,43?/m0/s1. The number of imide groups is 1. The molecule has 0 aliphatic carbocycles. The first-order valence-corrected chi connectivity index (χ1v) is 22.4. The van der Waals surface area contributed by atoms with Gasteiger partial charge in [-0.05, 0) is 79.8 Å². The predicted molar refractivity (Wildman–Crippen MR) is 252 cm³/mol. The molecule has 360 valence electrons. The summed E-state index contributed by atoms with van der Waals surface area (Å²) in [6.07, 6.45) is 3.43. The van der Waals surface area contributed by atoms with Crippen molar-refractivity contribution in [3.05, 3.63) is 102 Å². The Kier molecular flexibility index (Phi) is 19.9. The van der Waals surface area contributed by atoms with Crippen molar-refractivity contribution < 1.29 is 47.8 Å². The molecule has 1 aliphatic rings.